The van der Waals surface area contributed by atoms with E-state index in [0.717, 1.165) is 14.9 Å². The lowest BCUT2D eigenvalue weighted by Crippen LogP contribution is -1.96. The number of carboxylic acid groups (broad SMARTS) is 1. The summed E-state index contributed by atoms with van der Waals surface area (Å²) in [7, 11) is 0. The molecule has 2 rings (SSSR count). The van der Waals surface area contributed by atoms with Gasteiger partial charge in [-0.25, -0.2) is 4.98 Å². The second kappa shape index (κ2) is 4.73. The largest absolute Gasteiger partial charge is 0.481 e. The number of carbonyl (C=O) groups is 1. The van der Waals surface area contributed by atoms with Crippen LogP contribution in [0.2, 0.25) is 0 Å². The van der Waals surface area contributed by atoms with Crippen molar-refractivity contribution in [2.75, 3.05) is 5.75 Å². The highest BCUT2D eigenvalue weighted by atomic mass is 32.2. The normalized spacial score (nSPS) is 10.4. The zero-order valence-electron chi connectivity index (χ0n) is 7.41. The summed E-state index contributed by atoms with van der Waals surface area (Å²) < 4.78 is 0.779. The molecule has 0 amide bonds. The Bertz CT molecular complexity index is 452. The predicted molar refractivity (Wildman–Crippen MR) is 61.6 cm³/mol. The molecular weight excluding hydrogens is 252 g/mol. The summed E-state index contributed by atoms with van der Waals surface area (Å²) >= 11 is 4.22. The quantitative estimate of drug-likeness (QED) is 0.853. The molecule has 2 aromatic rings. The van der Waals surface area contributed by atoms with Gasteiger partial charge in [0.1, 0.15) is 0 Å². The van der Waals surface area contributed by atoms with Crippen LogP contribution in [-0.2, 0) is 4.79 Å². The molecule has 0 aliphatic heterocycles. The van der Waals surface area contributed by atoms with E-state index in [4.69, 9.17) is 5.11 Å². The average molecular weight is 258 g/mol. The van der Waals surface area contributed by atoms with Gasteiger partial charge in [-0.2, -0.15) is 0 Å². The molecule has 2 heterocycles. The van der Waals surface area contributed by atoms with Crippen molar-refractivity contribution in [3.05, 3.63) is 17.1 Å². The molecule has 0 spiro atoms. The van der Waals surface area contributed by atoms with Gasteiger partial charge in [-0.3, -0.25) is 9.78 Å². The van der Waals surface area contributed by atoms with Crippen LogP contribution in [0.5, 0.6) is 0 Å². The van der Waals surface area contributed by atoms with Crippen LogP contribution in [0.4, 0.5) is 0 Å². The zero-order chi connectivity index (χ0) is 10.7. The minimum atomic E-state index is -0.824. The maximum Gasteiger partial charge on any atom is 0.313 e. The van der Waals surface area contributed by atoms with E-state index >= 15 is 0 Å². The zero-order valence-corrected chi connectivity index (χ0v) is 9.86. The van der Waals surface area contributed by atoms with Gasteiger partial charge in [0.2, 0.25) is 0 Å². The van der Waals surface area contributed by atoms with Crippen LogP contribution in [0.25, 0.3) is 10.6 Å². The maximum absolute atomic E-state index is 10.4. The molecule has 0 bridgehead atoms. The van der Waals surface area contributed by atoms with Gasteiger partial charge >= 0.3 is 5.97 Å². The lowest BCUT2D eigenvalue weighted by atomic mass is 10.4. The fraction of sp³-hybridized carbons (Fsp3) is 0.125. The van der Waals surface area contributed by atoms with Gasteiger partial charge in [-0.1, -0.05) is 11.8 Å². The first-order valence-corrected chi connectivity index (χ1v) is 6.69. The lowest BCUT2D eigenvalue weighted by Gasteiger charge is -1.90. The van der Waals surface area contributed by atoms with Crippen LogP contribution >= 0.6 is 34.4 Å². The molecule has 2 aromatic heterocycles. The van der Waals surface area contributed by atoms with E-state index in [2.05, 4.69) is 9.97 Å². The minimum absolute atomic E-state index is 0.0512. The molecule has 0 aliphatic carbocycles. The third-order valence-corrected chi connectivity index (χ3v) is 4.29. The molecule has 4 nitrogen and oxygen atoms in total. The number of aromatic nitrogens is 2. The van der Waals surface area contributed by atoms with Gasteiger partial charge in [0.25, 0.3) is 0 Å². The summed E-state index contributed by atoms with van der Waals surface area (Å²) in [6.07, 6.45) is 1.76. The third kappa shape index (κ3) is 2.77. The van der Waals surface area contributed by atoms with Crippen molar-refractivity contribution in [1.82, 2.24) is 9.97 Å². The van der Waals surface area contributed by atoms with Crippen molar-refractivity contribution >= 4 is 40.4 Å². The Hall–Kier alpha value is -0.920. The Morgan fingerprint density at radius 3 is 3.07 bits per heavy atom. The van der Waals surface area contributed by atoms with Crippen LogP contribution in [0.3, 0.4) is 0 Å². The Kier molecular flexibility index (Phi) is 3.34. The van der Waals surface area contributed by atoms with E-state index in [0.29, 0.717) is 0 Å². The minimum Gasteiger partial charge on any atom is -0.481 e. The molecule has 0 fully saturated rings. The lowest BCUT2D eigenvalue weighted by molar-refractivity contribution is -0.133. The molecule has 0 saturated heterocycles. The van der Waals surface area contributed by atoms with Crippen molar-refractivity contribution < 1.29 is 9.90 Å². The molecule has 7 heteroatoms. The fourth-order valence-corrected chi connectivity index (χ4v) is 3.11. The van der Waals surface area contributed by atoms with Crippen molar-refractivity contribution in [3.8, 4) is 10.6 Å². The molecule has 0 saturated carbocycles. The summed E-state index contributed by atoms with van der Waals surface area (Å²) in [5, 5.41) is 10.4. The van der Waals surface area contributed by atoms with Gasteiger partial charge < -0.3 is 5.11 Å². The molecule has 1 N–H and O–H groups in total. The molecule has 0 aromatic carbocycles. The van der Waals surface area contributed by atoms with E-state index in [1.54, 1.807) is 11.7 Å². The molecule has 15 heavy (non-hydrogen) atoms. The van der Waals surface area contributed by atoms with Crippen molar-refractivity contribution in [3.63, 3.8) is 0 Å². The highest BCUT2D eigenvalue weighted by Gasteiger charge is 2.07. The topological polar surface area (TPSA) is 63.1 Å². The summed E-state index contributed by atoms with van der Waals surface area (Å²) in [5.74, 6) is -0.773. The van der Waals surface area contributed by atoms with Crippen LogP contribution in [0.1, 0.15) is 0 Å². The number of carboxylic acids is 1. The molecule has 0 radical (unpaired) electrons. The maximum atomic E-state index is 10.4. The van der Waals surface area contributed by atoms with Gasteiger partial charge in [0.15, 0.2) is 4.34 Å². The Balaban J connectivity index is 2.08. The van der Waals surface area contributed by atoms with Crippen LogP contribution in [-0.4, -0.2) is 26.8 Å². The predicted octanol–water partition coefficient (Wildman–Crippen LogP) is 2.44. The van der Waals surface area contributed by atoms with Crippen LogP contribution in [0.15, 0.2) is 21.4 Å². The average Bonchev–Trinajstić information content (AvgIpc) is 2.85. The van der Waals surface area contributed by atoms with E-state index in [9.17, 15) is 4.79 Å². The summed E-state index contributed by atoms with van der Waals surface area (Å²) in [6, 6.07) is 0. The number of nitrogens with zero attached hydrogens (tertiary/aromatic N) is 2. The number of thiazole rings is 2. The Morgan fingerprint density at radius 2 is 2.40 bits per heavy atom. The molecule has 78 valence electrons. The summed E-state index contributed by atoms with van der Waals surface area (Å²) in [6.45, 7) is 0. The SMILES string of the molecule is O=C(O)CSc1nc(-c2cncs2)cs1. The monoisotopic (exact) mass is 258 g/mol. The summed E-state index contributed by atoms with van der Waals surface area (Å²) in [5.41, 5.74) is 2.62. The highest BCUT2D eigenvalue weighted by Crippen LogP contribution is 2.29. The molecule has 0 unspecified atom stereocenters. The fourth-order valence-electron chi connectivity index (χ4n) is 0.902. The van der Waals surface area contributed by atoms with E-state index < -0.39 is 5.97 Å². The first-order valence-electron chi connectivity index (χ1n) is 3.94. The molecule has 0 aliphatic rings. The molecular formula is C8H6N2O2S3. The van der Waals surface area contributed by atoms with Crippen LogP contribution in [0, 0.1) is 0 Å². The highest BCUT2D eigenvalue weighted by molar-refractivity contribution is 8.01. The van der Waals surface area contributed by atoms with Crippen molar-refractivity contribution in [2.45, 2.75) is 4.34 Å². The van der Waals surface area contributed by atoms with Gasteiger partial charge in [-0.05, 0) is 0 Å². The Morgan fingerprint density at radius 1 is 1.53 bits per heavy atom. The first kappa shape index (κ1) is 10.6. The number of aliphatic carboxylic acids is 1. The smallest absolute Gasteiger partial charge is 0.313 e. The third-order valence-electron chi connectivity index (χ3n) is 1.49. The number of hydrogen-bond donors (Lipinski definition) is 1. The van der Waals surface area contributed by atoms with E-state index in [-0.39, 0.29) is 5.75 Å². The van der Waals surface area contributed by atoms with Crippen LogP contribution < -0.4 is 0 Å². The second-order valence-corrected chi connectivity index (χ2v) is 5.51. The van der Waals surface area contributed by atoms with Gasteiger partial charge in [0.05, 0.1) is 21.8 Å². The number of rotatable bonds is 4. The number of thioether (sulfide) groups is 1. The van der Waals surface area contributed by atoms with Gasteiger partial charge in [-0.15, -0.1) is 22.7 Å². The van der Waals surface area contributed by atoms with Crippen molar-refractivity contribution in [1.29, 1.82) is 0 Å². The second-order valence-electron chi connectivity index (χ2n) is 2.55. The molecule has 0 atom stereocenters. The number of hydrogen-bond acceptors (Lipinski definition) is 6. The first-order chi connectivity index (χ1) is 7.25. The summed E-state index contributed by atoms with van der Waals surface area (Å²) in [4.78, 5) is 19.6. The van der Waals surface area contributed by atoms with Gasteiger partial charge in [0, 0.05) is 11.6 Å². The Labute approximate surface area is 98.0 Å². The standard InChI is InChI=1S/C8H6N2O2S3/c11-7(12)3-14-8-10-5(2-13-8)6-1-9-4-15-6/h1-2,4H,3H2,(H,11,12). The van der Waals surface area contributed by atoms with Crippen molar-refractivity contribution in [2.24, 2.45) is 0 Å². The van der Waals surface area contributed by atoms with E-state index in [1.165, 1.54) is 34.4 Å². The van der Waals surface area contributed by atoms with E-state index in [1.807, 2.05) is 5.38 Å².